The van der Waals surface area contributed by atoms with Gasteiger partial charge in [-0.25, -0.2) is 0 Å². The van der Waals surface area contributed by atoms with Crippen LogP contribution in [0, 0.1) is 24.0 Å². The van der Waals surface area contributed by atoms with E-state index in [0.717, 1.165) is 11.1 Å². The van der Waals surface area contributed by atoms with Gasteiger partial charge in [0, 0.05) is 17.2 Å². The topological polar surface area (TPSA) is 76.5 Å². The number of rotatable bonds is 3. The molecule has 2 aromatic rings. The summed E-state index contributed by atoms with van der Waals surface area (Å²) in [6, 6.07) is 6.74. The molecule has 0 aliphatic heterocycles. The molecule has 1 N–H and O–H groups in total. The van der Waals surface area contributed by atoms with Gasteiger partial charge < -0.3 is 9.52 Å². The Morgan fingerprint density at radius 2 is 1.95 bits per heavy atom. The number of hydrogen-bond donors (Lipinski definition) is 1. The van der Waals surface area contributed by atoms with E-state index in [1.54, 1.807) is 39.0 Å². The second-order valence-electron chi connectivity index (χ2n) is 4.59. The van der Waals surface area contributed by atoms with E-state index < -0.39 is 11.0 Å². The van der Waals surface area contributed by atoms with Crippen LogP contribution < -0.4 is 0 Å². The summed E-state index contributed by atoms with van der Waals surface area (Å²) in [5.74, 6) is 1.08. The smallest absolute Gasteiger partial charge is 0.272 e. The van der Waals surface area contributed by atoms with Gasteiger partial charge in [0.25, 0.3) is 5.69 Å². The SMILES string of the molecule is Cc1cc([N+](=O)[O-])c(C)cc1-c1ccc(C(C)O)o1. The zero-order valence-corrected chi connectivity index (χ0v) is 11.0. The van der Waals surface area contributed by atoms with E-state index in [4.69, 9.17) is 4.42 Å². The van der Waals surface area contributed by atoms with Gasteiger partial charge >= 0.3 is 0 Å². The zero-order valence-electron chi connectivity index (χ0n) is 11.0. The Morgan fingerprint density at radius 3 is 2.47 bits per heavy atom. The molecule has 1 heterocycles. The first-order valence-electron chi connectivity index (χ1n) is 5.94. The van der Waals surface area contributed by atoms with Gasteiger partial charge in [0.2, 0.25) is 0 Å². The fourth-order valence-corrected chi connectivity index (χ4v) is 1.99. The lowest BCUT2D eigenvalue weighted by molar-refractivity contribution is -0.385. The van der Waals surface area contributed by atoms with Crippen LogP contribution in [0.4, 0.5) is 5.69 Å². The number of furan rings is 1. The van der Waals surface area contributed by atoms with Crippen molar-refractivity contribution in [3.8, 4) is 11.3 Å². The molecule has 0 saturated carbocycles. The minimum Gasteiger partial charge on any atom is -0.458 e. The number of benzene rings is 1. The van der Waals surface area contributed by atoms with Crippen LogP contribution in [-0.4, -0.2) is 10.0 Å². The fraction of sp³-hybridized carbons (Fsp3) is 0.286. The van der Waals surface area contributed by atoms with E-state index in [2.05, 4.69) is 0 Å². The van der Waals surface area contributed by atoms with Crippen LogP contribution in [0.3, 0.4) is 0 Å². The van der Waals surface area contributed by atoms with E-state index in [-0.39, 0.29) is 5.69 Å². The predicted octanol–water partition coefficient (Wildman–Crippen LogP) is 3.52. The van der Waals surface area contributed by atoms with Crippen molar-refractivity contribution in [3.05, 3.63) is 51.3 Å². The first kappa shape index (κ1) is 13.3. The lowest BCUT2D eigenvalue weighted by atomic mass is 10.0. The zero-order chi connectivity index (χ0) is 14.2. The summed E-state index contributed by atoms with van der Waals surface area (Å²) in [4.78, 5) is 10.5. The van der Waals surface area contributed by atoms with Gasteiger partial charge in [-0.2, -0.15) is 0 Å². The first-order chi connectivity index (χ1) is 8.90. The summed E-state index contributed by atoms with van der Waals surface area (Å²) in [6.45, 7) is 5.11. The molecule has 1 aromatic carbocycles. The molecule has 0 bridgehead atoms. The van der Waals surface area contributed by atoms with Crippen LogP contribution in [0.2, 0.25) is 0 Å². The second kappa shape index (κ2) is 4.85. The van der Waals surface area contributed by atoms with Gasteiger partial charge in [-0.05, 0) is 44.5 Å². The highest BCUT2D eigenvalue weighted by Crippen LogP contribution is 2.32. The maximum absolute atomic E-state index is 10.9. The van der Waals surface area contributed by atoms with Gasteiger partial charge in [-0.15, -0.1) is 0 Å². The van der Waals surface area contributed by atoms with Crippen molar-refractivity contribution in [1.29, 1.82) is 0 Å². The molecule has 2 rings (SSSR count). The highest BCUT2D eigenvalue weighted by atomic mass is 16.6. The van der Waals surface area contributed by atoms with Gasteiger partial charge in [0.05, 0.1) is 4.92 Å². The van der Waals surface area contributed by atoms with Crippen molar-refractivity contribution in [1.82, 2.24) is 0 Å². The van der Waals surface area contributed by atoms with Gasteiger partial charge in [-0.1, -0.05) is 0 Å². The average molecular weight is 261 g/mol. The van der Waals surface area contributed by atoms with Crippen LogP contribution in [0.5, 0.6) is 0 Å². The molecule has 100 valence electrons. The van der Waals surface area contributed by atoms with Crippen molar-refractivity contribution in [2.45, 2.75) is 26.9 Å². The van der Waals surface area contributed by atoms with Crippen LogP contribution in [0.25, 0.3) is 11.3 Å². The molecule has 5 heteroatoms. The molecule has 0 aliphatic rings. The molecule has 1 aromatic heterocycles. The van der Waals surface area contributed by atoms with Crippen molar-refractivity contribution in [2.75, 3.05) is 0 Å². The van der Waals surface area contributed by atoms with E-state index >= 15 is 0 Å². The normalized spacial score (nSPS) is 12.4. The Bertz CT molecular complexity index is 628. The Morgan fingerprint density at radius 1 is 1.26 bits per heavy atom. The quantitative estimate of drug-likeness (QED) is 0.677. The minimum atomic E-state index is -0.673. The molecule has 19 heavy (non-hydrogen) atoms. The number of hydrogen-bond acceptors (Lipinski definition) is 4. The van der Waals surface area contributed by atoms with E-state index in [1.165, 1.54) is 6.07 Å². The van der Waals surface area contributed by atoms with Crippen LogP contribution in [0.15, 0.2) is 28.7 Å². The van der Waals surface area contributed by atoms with E-state index in [0.29, 0.717) is 17.1 Å². The molecule has 0 aliphatic carbocycles. The third-order valence-corrected chi connectivity index (χ3v) is 3.04. The number of nitrogens with zero attached hydrogens (tertiary/aromatic N) is 1. The summed E-state index contributed by atoms with van der Waals surface area (Å²) < 4.78 is 5.55. The van der Waals surface area contributed by atoms with Crippen molar-refractivity contribution in [3.63, 3.8) is 0 Å². The minimum absolute atomic E-state index is 0.101. The third-order valence-electron chi connectivity index (χ3n) is 3.04. The van der Waals surface area contributed by atoms with Crippen molar-refractivity contribution in [2.24, 2.45) is 0 Å². The summed E-state index contributed by atoms with van der Waals surface area (Å²) in [5, 5.41) is 20.3. The summed E-state index contributed by atoms with van der Waals surface area (Å²) in [7, 11) is 0. The molecule has 0 amide bonds. The van der Waals surface area contributed by atoms with Gasteiger partial charge in [0.1, 0.15) is 17.6 Å². The number of nitro benzene ring substituents is 1. The standard InChI is InChI=1S/C14H15NO4/c1-8-7-12(15(17)18)9(2)6-11(8)14-5-4-13(19-14)10(3)16/h4-7,10,16H,1-3H3. The molecule has 5 nitrogen and oxygen atoms in total. The van der Waals surface area contributed by atoms with E-state index in [1.807, 2.05) is 0 Å². The molecule has 0 saturated heterocycles. The van der Waals surface area contributed by atoms with Crippen molar-refractivity contribution >= 4 is 5.69 Å². The Balaban J connectivity index is 2.50. The maximum Gasteiger partial charge on any atom is 0.272 e. The summed E-state index contributed by atoms with van der Waals surface area (Å²) >= 11 is 0. The predicted molar refractivity (Wildman–Crippen MR) is 70.9 cm³/mol. The average Bonchev–Trinajstić information content (AvgIpc) is 2.80. The number of aryl methyl sites for hydroxylation is 2. The van der Waals surface area contributed by atoms with Crippen LogP contribution >= 0.6 is 0 Å². The summed E-state index contributed by atoms with van der Waals surface area (Å²) in [5.41, 5.74) is 2.25. The maximum atomic E-state index is 10.9. The molecule has 0 fully saturated rings. The summed E-state index contributed by atoms with van der Waals surface area (Å²) in [6.07, 6.45) is -0.673. The molecular weight excluding hydrogens is 246 g/mol. The van der Waals surface area contributed by atoms with Crippen LogP contribution in [-0.2, 0) is 0 Å². The number of nitro groups is 1. The largest absolute Gasteiger partial charge is 0.458 e. The molecular formula is C14H15NO4. The van der Waals surface area contributed by atoms with Gasteiger partial charge in [-0.3, -0.25) is 10.1 Å². The molecule has 0 radical (unpaired) electrons. The Hall–Kier alpha value is -2.14. The number of aliphatic hydroxyl groups is 1. The highest BCUT2D eigenvalue weighted by molar-refractivity contribution is 5.66. The lowest BCUT2D eigenvalue weighted by Gasteiger charge is -2.06. The molecule has 1 unspecified atom stereocenters. The molecule has 0 spiro atoms. The number of aliphatic hydroxyl groups excluding tert-OH is 1. The van der Waals surface area contributed by atoms with Gasteiger partial charge in [0.15, 0.2) is 0 Å². The Labute approximate surface area is 110 Å². The third kappa shape index (κ3) is 2.51. The van der Waals surface area contributed by atoms with E-state index in [9.17, 15) is 15.2 Å². The highest BCUT2D eigenvalue weighted by Gasteiger charge is 2.16. The monoisotopic (exact) mass is 261 g/mol. The Kier molecular flexibility index (Phi) is 3.40. The lowest BCUT2D eigenvalue weighted by Crippen LogP contribution is -1.94. The van der Waals surface area contributed by atoms with Crippen molar-refractivity contribution < 1.29 is 14.4 Å². The first-order valence-corrected chi connectivity index (χ1v) is 5.94. The fourth-order valence-electron chi connectivity index (χ4n) is 1.99. The second-order valence-corrected chi connectivity index (χ2v) is 4.59. The molecule has 1 atom stereocenters. The van der Waals surface area contributed by atoms with Crippen LogP contribution in [0.1, 0.15) is 29.9 Å².